The van der Waals surface area contributed by atoms with Gasteiger partial charge in [-0.3, -0.25) is 4.98 Å². The van der Waals surface area contributed by atoms with E-state index < -0.39 is 0 Å². The molecule has 0 bridgehead atoms. The predicted molar refractivity (Wildman–Crippen MR) is 78.5 cm³/mol. The molecule has 1 nitrogen and oxygen atoms in total. The first-order chi connectivity index (χ1) is 9.15. The van der Waals surface area contributed by atoms with Gasteiger partial charge in [0.1, 0.15) is 11.5 Å². The van der Waals surface area contributed by atoms with Gasteiger partial charge in [-0.1, -0.05) is 31.2 Å². The topological polar surface area (TPSA) is 12.9 Å². The minimum absolute atomic E-state index is 0.272. The maximum Gasteiger partial charge on any atom is 0.144 e. The summed E-state index contributed by atoms with van der Waals surface area (Å²) < 4.78 is 13.6. The molecule has 98 valence electrons. The summed E-state index contributed by atoms with van der Waals surface area (Å²) in [5, 5.41) is 0. The van der Waals surface area contributed by atoms with Gasteiger partial charge in [-0.05, 0) is 49.1 Å². The molecule has 1 aromatic heterocycles. The van der Waals surface area contributed by atoms with Crippen molar-refractivity contribution in [2.75, 3.05) is 0 Å². The number of aromatic nitrogens is 1. The molecule has 0 amide bonds. The Morgan fingerprint density at radius 2 is 2.05 bits per heavy atom. The van der Waals surface area contributed by atoms with E-state index in [9.17, 15) is 4.39 Å². The number of pyridine rings is 1. The zero-order valence-corrected chi connectivity index (χ0v) is 11.6. The van der Waals surface area contributed by atoms with Gasteiger partial charge in [0.2, 0.25) is 0 Å². The molecule has 0 N–H and O–H groups in total. The number of hydrogen-bond acceptors (Lipinski definition) is 1. The van der Waals surface area contributed by atoms with Crippen LogP contribution in [0.2, 0.25) is 0 Å². The third kappa shape index (κ3) is 2.90. The van der Waals surface area contributed by atoms with Crippen molar-refractivity contribution in [2.24, 2.45) is 0 Å². The predicted octanol–water partition coefficient (Wildman–Crippen LogP) is 4.95. The summed E-state index contributed by atoms with van der Waals surface area (Å²) in [4.78, 5) is 4.24. The van der Waals surface area contributed by atoms with Crippen LogP contribution < -0.4 is 0 Å². The molecule has 2 rings (SSSR count). The van der Waals surface area contributed by atoms with E-state index in [-0.39, 0.29) is 5.83 Å². The van der Waals surface area contributed by atoms with Crippen LogP contribution in [-0.4, -0.2) is 4.98 Å². The third-order valence-corrected chi connectivity index (χ3v) is 3.23. The molecule has 0 atom stereocenters. The first-order valence-electron chi connectivity index (χ1n) is 6.53. The zero-order valence-electron chi connectivity index (χ0n) is 11.6. The number of rotatable bonds is 3. The number of allylic oxidation sites excluding steroid dienone is 1. The van der Waals surface area contributed by atoms with E-state index in [0.29, 0.717) is 5.69 Å². The smallest absolute Gasteiger partial charge is 0.144 e. The molecule has 2 aromatic rings. The summed E-state index contributed by atoms with van der Waals surface area (Å²) >= 11 is 0. The standard InChI is InChI=1S/C17H18FN/c1-4-13-7-6-8-14(10-13)15-9-12(3)17(19-11-15)16(18)5-2/h5-11H,4H2,1-3H3/b16-5+. The highest BCUT2D eigenvalue weighted by molar-refractivity contribution is 5.67. The van der Waals surface area contributed by atoms with Crippen LogP contribution in [0.15, 0.2) is 42.6 Å². The molecule has 0 aliphatic rings. The van der Waals surface area contributed by atoms with E-state index in [1.165, 1.54) is 11.6 Å². The highest BCUT2D eigenvalue weighted by Gasteiger charge is 2.07. The van der Waals surface area contributed by atoms with E-state index in [1.54, 1.807) is 13.1 Å². The van der Waals surface area contributed by atoms with Gasteiger partial charge < -0.3 is 0 Å². The fraction of sp³-hybridized carbons (Fsp3) is 0.235. The lowest BCUT2D eigenvalue weighted by Gasteiger charge is -2.07. The van der Waals surface area contributed by atoms with Crippen LogP contribution in [0.1, 0.15) is 30.7 Å². The number of aryl methyl sites for hydroxylation is 2. The molecule has 0 spiro atoms. The quantitative estimate of drug-likeness (QED) is 0.756. The molecule has 0 saturated heterocycles. The highest BCUT2D eigenvalue weighted by Crippen LogP contribution is 2.25. The third-order valence-electron chi connectivity index (χ3n) is 3.23. The lowest BCUT2D eigenvalue weighted by atomic mass is 10.0. The molecular weight excluding hydrogens is 237 g/mol. The van der Waals surface area contributed by atoms with E-state index in [2.05, 4.69) is 30.1 Å². The number of nitrogens with zero attached hydrogens (tertiary/aromatic N) is 1. The number of hydrogen-bond donors (Lipinski definition) is 0. The molecule has 1 aromatic carbocycles. The van der Waals surface area contributed by atoms with Gasteiger partial charge in [0, 0.05) is 11.8 Å². The average Bonchev–Trinajstić information content (AvgIpc) is 2.46. The van der Waals surface area contributed by atoms with Crippen molar-refractivity contribution in [3.63, 3.8) is 0 Å². The lowest BCUT2D eigenvalue weighted by Crippen LogP contribution is -1.92. The van der Waals surface area contributed by atoms with Gasteiger partial charge in [0.15, 0.2) is 0 Å². The summed E-state index contributed by atoms with van der Waals surface area (Å²) in [6.07, 6.45) is 4.18. The molecule has 0 saturated carbocycles. The van der Waals surface area contributed by atoms with Gasteiger partial charge in [-0.25, -0.2) is 4.39 Å². The van der Waals surface area contributed by atoms with Crippen LogP contribution in [0.3, 0.4) is 0 Å². The van der Waals surface area contributed by atoms with Crippen molar-refractivity contribution >= 4 is 5.83 Å². The van der Waals surface area contributed by atoms with Crippen LogP contribution in [0.4, 0.5) is 4.39 Å². The maximum atomic E-state index is 13.6. The minimum Gasteiger partial charge on any atom is -0.253 e. The van der Waals surface area contributed by atoms with E-state index >= 15 is 0 Å². The first kappa shape index (κ1) is 13.5. The van der Waals surface area contributed by atoms with Crippen LogP contribution >= 0.6 is 0 Å². The Labute approximate surface area is 113 Å². The zero-order chi connectivity index (χ0) is 13.8. The van der Waals surface area contributed by atoms with Gasteiger partial charge in [-0.15, -0.1) is 0 Å². The Balaban J connectivity index is 2.44. The Kier molecular flexibility index (Phi) is 4.10. The molecule has 0 radical (unpaired) electrons. The van der Waals surface area contributed by atoms with Crippen molar-refractivity contribution < 1.29 is 4.39 Å². The van der Waals surface area contributed by atoms with Crippen LogP contribution in [0.5, 0.6) is 0 Å². The second-order valence-corrected chi connectivity index (χ2v) is 4.58. The molecule has 0 unspecified atom stereocenters. The number of benzene rings is 1. The Hall–Kier alpha value is -1.96. The van der Waals surface area contributed by atoms with Crippen LogP contribution in [0.25, 0.3) is 17.0 Å². The molecule has 1 heterocycles. The summed E-state index contributed by atoms with van der Waals surface area (Å²) in [5.41, 5.74) is 4.73. The van der Waals surface area contributed by atoms with Crippen molar-refractivity contribution in [3.05, 3.63) is 59.4 Å². The molecule has 0 aliphatic heterocycles. The van der Waals surface area contributed by atoms with Crippen molar-refractivity contribution in [1.29, 1.82) is 0 Å². The summed E-state index contributed by atoms with van der Waals surface area (Å²) in [5.74, 6) is -0.272. The minimum atomic E-state index is -0.272. The van der Waals surface area contributed by atoms with Crippen LogP contribution in [0, 0.1) is 6.92 Å². The molecule has 2 heteroatoms. The summed E-state index contributed by atoms with van der Waals surface area (Å²) in [7, 11) is 0. The fourth-order valence-corrected chi connectivity index (χ4v) is 2.09. The van der Waals surface area contributed by atoms with Crippen molar-refractivity contribution in [1.82, 2.24) is 4.98 Å². The first-order valence-corrected chi connectivity index (χ1v) is 6.53. The van der Waals surface area contributed by atoms with E-state index in [4.69, 9.17) is 0 Å². The van der Waals surface area contributed by atoms with Gasteiger partial charge in [0.25, 0.3) is 0 Å². The fourth-order valence-electron chi connectivity index (χ4n) is 2.09. The largest absolute Gasteiger partial charge is 0.253 e. The molecular formula is C17H18FN. The van der Waals surface area contributed by atoms with Gasteiger partial charge in [-0.2, -0.15) is 0 Å². The Bertz CT molecular complexity index is 614. The second-order valence-electron chi connectivity index (χ2n) is 4.58. The lowest BCUT2D eigenvalue weighted by molar-refractivity contribution is 0.749. The SMILES string of the molecule is C/C=C(/F)c1ncc(-c2cccc(CC)c2)cc1C. The Morgan fingerprint density at radius 3 is 2.68 bits per heavy atom. The summed E-state index contributed by atoms with van der Waals surface area (Å²) in [6.45, 7) is 5.70. The highest BCUT2D eigenvalue weighted by atomic mass is 19.1. The average molecular weight is 255 g/mol. The van der Waals surface area contributed by atoms with Gasteiger partial charge in [0.05, 0.1) is 0 Å². The molecule has 19 heavy (non-hydrogen) atoms. The molecule has 0 fully saturated rings. The molecule has 0 aliphatic carbocycles. The maximum absolute atomic E-state index is 13.6. The van der Waals surface area contributed by atoms with E-state index in [0.717, 1.165) is 23.1 Å². The number of halogens is 1. The monoisotopic (exact) mass is 255 g/mol. The van der Waals surface area contributed by atoms with Crippen LogP contribution in [-0.2, 0) is 6.42 Å². The van der Waals surface area contributed by atoms with Crippen molar-refractivity contribution in [2.45, 2.75) is 27.2 Å². The summed E-state index contributed by atoms with van der Waals surface area (Å²) in [6, 6.07) is 10.4. The van der Waals surface area contributed by atoms with Gasteiger partial charge >= 0.3 is 0 Å². The normalized spacial score (nSPS) is 11.7. The second kappa shape index (κ2) is 5.79. The Morgan fingerprint density at radius 1 is 1.26 bits per heavy atom. The van der Waals surface area contributed by atoms with E-state index in [1.807, 2.05) is 19.1 Å². The van der Waals surface area contributed by atoms with Crippen molar-refractivity contribution in [3.8, 4) is 11.1 Å².